The van der Waals surface area contributed by atoms with Crippen molar-refractivity contribution in [2.45, 2.75) is 51.9 Å². The van der Waals surface area contributed by atoms with Gasteiger partial charge in [0.2, 0.25) is 10.0 Å². The standard InChI is InChI=1S/C14H14Cl2FN3O3S.C13H12Cl2FN3O/c1-24(22,23)18-11-6-8(10(17)7-9(11)15)12-13(16)19-4-2-3-5-20(19)14(12)21;14-8-6-9(16)7(5-10(8)17)11-12(15)18-3-1-2-4-19(18)13(11)20/h6-7,18H,2-5H2,1H3;5-6H,1-4,17H2. The van der Waals surface area contributed by atoms with Crippen molar-refractivity contribution in [1.82, 2.24) is 18.7 Å². The Morgan fingerprint density at radius 2 is 1.11 bits per heavy atom. The normalized spacial score (nSPS) is 14.4. The molecule has 2 aliphatic heterocycles. The summed E-state index contributed by atoms with van der Waals surface area (Å²) in [6, 6.07) is 4.60. The Hall–Kier alpha value is -2.97. The van der Waals surface area contributed by atoms with Gasteiger partial charge in [-0.15, -0.1) is 0 Å². The first-order valence-electron chi connectivity index (χ1n) is 13.4. The van der Waals surface area contributed by atoms with Crippen molar-refractivity contribution < 1.29 is 17.2 Å². The highest BCUT2D eigenvalue weighted by Gasteiger charge is 2.26. The lowest BCUT2D eigenvalue weighted by Gasteiger charge is -2.17. The predicted molar refractivity (Wildman–Crippen MR) is 170 cm³/mol. The molecule has 2 aromatic carbocycles. The van der Waals surface area contributed by atoms with E-state index in [4.69, 9.17) is 52.1 Å². The summed E-state index contributed by atoms with van der Waals surface area (Å²) in [7, 11) is -3.61. The average molecular weight is 710 g/mol. The van der Waals surface area contributed by atoms with Crippen molar-refractivity contribution in [3.63, 3.8) is 0 Å². The van der Waals surface area contributed by atoms with Gasteiger partial charge in [-0.1, -0.05) is 46.4 Å². The van der Waals surface area contributed by atoms with Gasteiger partial charge in [-0.25, -0.2) is 26.6 Å². The second-order valence-corrected chi connectivity index (χ2v) is 13.7. The first kappa shape index (κ1) is 32.4. The minimum atomic E-state index is -3.61. The van der Waals surface area contributed by atoms with Crippen LogP contribution in [0.4, 0.5) is 20.2 Å². The number of hydrogen-bond donors (Lipinski definition) is 2. The van der Waals surface area contributed by atoms with Gasteiger partial charge < -0.3 is 5.73 Å². The lowest BCUT2D eigenvalue weighted by Crippen LogP contribution is -2.27. The van der Waals surface area contributed by atoms with Gasteiger partial charge in [-0.05, 0) is 49.9 Å². The maximum Gasteiger partial charge on any atom is 0.276 e. The zero-order valence-corrected chi connectivity index (χ0v) is 27.0. The Labute approximate surface area is 270 Å². The second kappa shape index (κ2) is 12.4. The molecule has 10 nitrogen and oxygen atoms in total. The Balaban J connectivity index is 0.000000177. The minimum absolute atomic E-state index is 0.00397. The summed E-state index contributed by atoms with van der Waals surface area (Å²) in [4.78, 5) is 25.0. The van der Waals surface area contributed by atoms with E-state index in [1.54, 1.807) is 14.0 Å². The Morgan fingerprint density at radius 3 is 1.55 bits per heavy atom. The second-order valence-electron chi connectivity index (χ2n) is 10.4. The maximum atomic E-state index is 14.4. The van der Waals surface area contributed by atoms with Crippen LogP contribution in [-0.2, 0) is 36.2 Å². The number of anilines is 2. The van der Waals surface area contributed by atoms with Crippen LogP contribution in [0.15, 0.2) is 33.9 Å². The van der Waals surface area contributed by atoms with Crippen LogP contribution >= 0.6 is 46.4 Å². The van der Waals surface area contributed by atoms with Gasteiger partial charge in [-0.2, -0.15) is 0 Å². The smallest absolute Gasteiger partial charge is 0.276 e. The van der Waals surface area contributed by atoms with E-state index >= 15 is 0 Å². The van der Waals surface area contributed by atoms with E-state index in [0.29, 0.717) is 26.2 Å². The van der Waals surface area contributed by atoms with E-state index < -0.39 is 27.2 Å². The molecule has 0 saturated heterocycles. The third-order valence-corrected chi connectivity index (χ3v) is 9.30. The van der Waals surface area contributed by atoms with Gasteiger partial charge in [0, 0.05) is 37.3 Å². The summed E-state index contributed by atoms with van der Waals surface area (Å²) in [6.45, 7) is 2.31. The molecule has 3 N–H and O–H groups in total. The molecule has 2 aliphatic rings. The molecule has 2 aromatic heterocycles. The molecule has 6 rings (SSSR count). The summed E-state index contributed by atoms with van der Waals surface area (Å²) >= 11 is 24.2. The van der Waals surface area contributed by atoms with Crippen LogP contribution in [-0.4, -0.2) is 33.4 Å². The lowest BCUT2D eigenvalue weighted by molar-refractivity contribution is 0.356. The van der Waals surface area contributed by atoms with Crippen molar-refractivity contribution in [2.75, 3.05) is 16.7 Å². The Bertz CT molecular complexity index is 2020. The number of nitrogens with zero attached hydrogens (tertiary/aromatic N) is 4. The predicted octanol–water partition coefficient (Wildman–Crippen LogP) is 6.07. The number of fused-ring (bicyclic) bond motifs is 2. The van der Waals surface area contributed by atoms with Crippen LogP contribution < -0.4 is 21.6 Å². The molecule has 44 heavy (non-hydrogen) atoms. The van der Waals surface area contributed by atoms with E-state index in [9.17, 15) is 26.8 Å². The number of rotatable bonds is 4. The van der Waals surface area contributed by atoms with E-state index in [1.807, 2.05) is 0 Å². The van der Waals surface area contributed by atoms with Gasteiger partial charge in [0.05, 0.1) is 38.8 Å². The van der Waals surface area contributed by atoms with Crippen LogP contribution in [0.5, 0.6) is 0 Å². The fourth-order valence-corrected chi connectivity index (χ4v) is 6.97. The molecule has 4 aromatic rings. The van der Waals surface area contributed by atoms with Gasteiger partial charge in [-0.3, -0.25) is 23.7 Å². The van der Waals surface area contributed by atoms with Crippen LogP contribution in [0.3, 0.4) is 0 Å². The fourth-order valence-electron chi connectivity index (χ4n) is 5.28. The monoisotopic (exact) mass is 708 g/mol. The molecular formula is C27H26Cl4F2N6O4S. The molecule has 0 amide bonds. The first-order chi connectivity index (χ1) is 20.7. The highest BCUT2D eigenvalue weighted by molar-refractivity contribution is 7.92. The summed E-state index contributed by atoms with van der Waals surface area (Å²) in [5, 5.41) is 0.384. The summed E-state index contributed by atoms with van der Waals surface area (Å²) in [5.41, 5.74) is 5.34. The molecule has 0 spiro atoms. The lowest BCUT2D eigenvalue weighted by atomic mass is 10.1. The molecule has 0 unspecified atom stereocenters. The van der Waals surface area contributed by atoms with E-state index in [1.165, 1.54) is 16.8 Å². The average Bonchev–Trinajstić information content (AvgIpc) is 3.36. The van der Waals surface area contributed by atoms with E-state index in [2.05, 4.69) is 4.72 Å². The molecule has 4 heterocycles. The van der Waals surface area contributed by atoms with Crippen molar-refractivity contribution in [2.24, 2.45) is 0 Å². The highest BCUT2D eigenvalue weighted by atomic mass is 35.5. The van der Waals surface area contributed by atoms with Crippen LogP contribution in [0.1, 0.15) is 25.7 Å². The minimum Gasteiger partial charge on any atom is -0.398 e. The number of benzene rings is 2. The Morgan fingerprint density at radius 1 is 0.705 bits per heavy atom. The number of aromatic nitrogens is 4. The summed E-state index contributed by atoms with van der Waals surface area (Å²) < 4.78 is 59.8. The molecule has 0 aliphatic carbocycles. The summed E-state index contributed by atoms with van der Waals surface area (Å²) in [6.07, 6.45) is 4.51. The molecule has 0 bridgehead atoms. The van der Waals surface area contributed by atoms with E-state index in [0.717, 1.165) is 44.1 Å². The third kappa shape index (κ3) is 6.12. The highest BCUT2D eigenvalue weighted by Crippen LogP contribution is 2.36. The van der Waals surface area contributed by atoms with Gasteiger partial charge in [0.1, 0.15) is 21.9 Å². The van der Waals surface area contributed by atoms with Crippen LogP contribution in [0.2, 0.25) is 20.4 Å². The number of sulfonamides is 1. The Kier molecular flexibility index (Phi) is 9.16. The van der Waals surface area contributed by atoms with Gasteiger partial charge >= 0.3 is 0 Å². The topological polar surface area (TPSA) is 126 Å². The zero-order chi connectivity index (χ0) is 32.1. The van der Waals surface area contributed by atoms with Crippen molar-refractivity contribution in [3.8, 4) is 22.3 Å². The first-order valence-corrected chi connectivity index (χ1v) is 16.8. The third-order valence-electron chi connectivity index (χ3n) is 7.30. The van der Waals surface area contributed by atoms with Crippen molar-refractivity contribution >= 4 is 67.8 Å². The molecule has 236 valence electrons. The van der Waals surface area contributed by atoms with Crippen LogP contribution in [0.25, 0.3) is 22.3 Å². The van der Waals surface area contributed by atoms with Crippen molar-refractivity contribution in [1.29, 1.82) is 0 Å². The van der Waals surface area contributed by atoms with Crippen molar-refractivity contribution in [3.05, 3.63) is 77.0 Å². The largest absolute Gasteiger partial charge is 0.398 e. The van der Waals surface area contributed by atoms with Crippen LogP contribution in [0, 0.1) is 11.6 Å². The number of nitrogens with one attached hydrogen (secondary N) is 1. The molecule has 17 heteroatoms. The van der Waals surface area contributed by atoms with Gasteiger partial charge in [0.15, 0.2) is 0 Å². The van der Waals surface area contributed by atoms with E-state index in [-0.39, 0.29) is 59.5 Å². The number of nitrogens with two attached hydrogens (primary N) is 1. The molecule has 0 saturated carbocycles. The SMILES string of the molecule is CS(=O)(=O)Nc1cc(-c2c(Cl)n3n(c2=O)CCCC3)c(F)cc1Cl.Nc1cc(-c2c(Cl)n3n(c2=O)CCCC3)c(F)cc1Cl. The quantitative estimate of drug-likeness (QED) is 0.249. The molecule has 0 atom stereocenters. The number of halogens is 6. The molecular weight excluding hydrogens is 684 g/mol. The number of hydrogen-bond acceptors (Lipinski definition) is 5. The number of nitrogen functional groups attached to an aromatic ring is 1. The van der Waals surface area contributed by atoms with Gasteiger partial charge in [0.25, 0.3) is 11.1 Å². The molecule has 0 radical (unpaired) electrons. The zero-order valence-electron chi connectivity index (χ0n) is 23.1. The fraction of sp³-hybridized carbons (Fsp3) is 0.333. The maximum absolute atomic E-state index is 14.4. The molecule has 0 fully saturated rings. The summed E-state index contributed by atoms with van der Waals surface area (Å²) in [5.74, 6) is -1.35.